The van der Waals surface area contributed by atoms with E-state index in [0.717, 1.165) is 17.3 Å². The summed E-state index contributed by atoms with van der Waals surface area (Å²) >= 11 is 0.973. The number of imide groups is 1. The number of esters is 1. The molecule has 0 saturated carbocycles. The van der Waals surface area contributed by atoms with Crippen molar-refractivity contribution in [2.24, 2.45) is 0 Å². The Morgan fingerprint density at radius 2 is 1.82 bits per heavy atom. The molecule has 0 bridgehead atoms. The Labute approximate surface area is 206 Å². The minimum atomic E-state index is -1.08. The van der Waals surface area contributed by atoms with Gasteiger partial charge in [-0.05, 0) is 41.8 Å². The molecule has 1 unspecified atom stereocenters. The van der Waals surface area contributed by atoms with Gasteiger partial charge >= 0.3 is 11.9 Å². The summed E-state index contributed by atoms with van der Waals surface area (Å²) in [4.78, 5) is 45.9. The van der Waals surface area contributed by atoms with Crippen LogP contribution in [-0.2, 0) is 25.5 Å². The molecule has 2 amide bonds. The molecule has 11 heteroatoms. The molecular weight excluding hydrogens is 486 g/mol. The van der Waals surface area contributed by atoms with Crippen LogP contribution >= 0.6 is 24.2 Å². The number of ether oxygens (including phenoxy) is 3. The van der Waals surface area contributed by atoms with E-state index >= 15 is 0 Å². The third-order valence-corrected chi connectivity index (χ3v) is 5.78. The van der Waals surface area contributed by atoms with Gasteiger partial charge in [0.25, 0.3) is 5.24 Å². The number of aliphatic carboxylic acids is 1. The van der Waals surface area contributed by atoms with Crippen molar-refractivity contribution in [1.29, 1.82) is 0 Å². The van der Waals surface area contributed by atoms with Crippen molar-refractivity contribution < 1.29 is 38.5 Å². The Bertz CT molecular complexity index is 1030. The average molecular weight is 510 g/mol. The standard InChI is InChI=1S/C23H23NO8S.ClH/c1-30-17-4-2-3-15(12-17)18(32-21(27)10-9-20(25)26)13-31-16-7-5-14(6-8-16)11-19-22(28)24-23(29)33-19;/h2-8,12,18-19H,9-11,13H2,1H3,(H,25,26)(H,24,28,29);1H/t18-,19?;/m1./s1. The van der Waals surface area contributed by atoms with Crippen LogP contribution in [0.3, 0.4) is 0 Å². The molecular formula is C23H24ClNO8S. The largest absolute Gasteiger partial charge is 0.497 e. The summed E-state index contributed by atoms with van der Waals surface area (Å²) in [5.41, 5.74) is 1.51. The molecule has 1 aliphatic rings. The molecule has 1 fully saturated rings. The van der Waals surface area contributed by atoms with Gasteiger partial charge in [0.15, 0.2) is 6.10 Å². The van der Waals surface area contributed by atoms with E-state index in [9.17, 15) is 19.2 Å². The van der Waals surface area contributed by atoms with Crippen molar-refractivity contribution in [2.75, 3.05) is 13.7 Å². The number of methoxy groups -OCH3 is 1. The smallest absolute Gasteiger partial charge is 0.307 e. The third-order valence-electron chi connectivity index (χ3n) is 4.80. The van der Waals surface area contributed by atoms with E-state index in [1.165, 1.54) is 7.11 Å². The van der Waals surface area contributed by atoms with Crippen LogP contribution < -0.4 is 14.8 Å². The second-order valence-corrected chi connectivity index (χ2v) is 8.37. The van der Waals surface area contributed by atoms with Gasteiger partial charge < -0.3 is 19.3 Å². The molecule has 2 aromatic carbocycles. The number of rotatable bonds is 11. The summed E-state index contributed by atoms with van der Waals surface area (Å²) in [6.07, 6.45) is -0.934. The lowest BCUT2D eigenvalue weighted by Crippen LogP contribution is -2.25. The molecule has 0 aliphatic carbocycles. The van der Waals surface area contributed by atoms with Gasteiger partial charge in [0.1, 0.15) is 18.1 Å². The second-order valence-electron chi connectivity index (χ2n) is 7.19. The third kappa shape index (κ3) is 7.96. The maximum Gasteiger partial charge on any atom is 0.307 e. The van der Waals surface area contributed by atoms with E-state index in [1.54, 1.807) is 48.5 Å². The highest BCUT2D eigenvalue weighted by Gasteiger charge is 2.31. The molecule has 9 nitrogen and oxygen atoms in total. The first-order valence-electron chi connectivity index (χ1n) is 10.1. The lowest BCUT2D eigenvalue weighted by molar-refractivity contribution is -0.153. The maximum absolute atomic E-state index is 12.1. The molecule has 1 saturated heterocycles. The molecule has 2 atom stereocenters. The lowest BCUT2D eigenvalue weighted by Gasteiger charge is -2.19. The van der Waals surface area contributed by atoms with E-state index < -0.39 is 23.3 Å². The number of carbonyl (C=O) groups excluding carboxylic acids is 3. The predicted octanol–water partition coefficient (Wildman–Crippen LogP) is 3.54. The predicted molar refractivity (Wildman–Crippen MR) is 127 cm³/mol. The Morgan fingerprint density at radius 1 is 1.09 bits per heavy atom. The van der Waals surface area contributed by atoms with Crippen LogP contribution in [0.25, 0.3) is 0 Å². The topological polar surface area (TPSA) is 128 Å². The van der Waals surface area contributed by atoms with Crippen LogP contribution in [0.2, 0.25) is 0 Å². The molecule has 1 heterocycles. The second kappa shape index (κ2) is 12.9. The zero-order valence-corrected chi connectivity index (χ0v) is 19.9. The average Bonchev–Trinajstić information content (AvgIpc) is 3.12. The first-order valence-corrected chi connectivity index (χ1v) is 11.0. The summed E-state index contributed by atoms with van der Waals surface area (Å²) in [5.74, 6) is -0.926. The Kier molecular flexibility index (Phi) is 10.2. The minimum Gasteiger partial charge on any atom is -0.497 e. The number of carboxylic acids is 1. The summed E-state index contributed by atoms with van der Waals surface area (Å²) < 4.78 is 16.5. The van der Waals surface area contributed by atoms with Crippen LogP contribution in [0.5, 0.6) is 11.5 Å². The zero-order chi connectivity index (χ0) is 23.8. The molecule has 182 valence electrons. The van der Waals surface area contributed by atoms with Crippen LogP contribution in [0.15, 0.2) is 48.5 Å². The van der Waals surface area contributed by atoms with Gasteiger partial charge in [-0.3, -0.25) is 24.5 Å². The van der Waals surface area contributed by atoms with Gasteiger partial charge in [0.05, 0.1) is 25.2 Å². The Morgan fingerprint density at radius 3 is 2.44 bits per heavy atom. The highest BCUT2D eigenvalue weighted by molar-refractivity contribution is 8.15. The van der Waals surface area contributed by atoms with Gasteiger partial charge in [0.2, 0.25) is 5.91 Å². The van der Waals surface area contributed by atoms with E-state index in [0.29, 0.717) is 23.5 Å². The van der Waals surface area contributed by atoms with Gasteiger partial charge in [-0.2, -0.15) is 0 Å². The summed E-state index contributed by atoms with van der Waals surface area (Å²) in [5, 5.41) is 10.3. The lowest BCUT2D eigenvalue weighted by atomic mass is 10.1. The highest BCUT2D eigenvalue weighted by Crippen LogP contribution is 2.26. The number of amides is 2. The first-order chi connectivity index (χ1) is 15.8. The van der Waals surface area contributed by atoms with Crippen molar-refractivity contribution in [3.8, 4) is 11.5 Å². The van der Waals surface area contributed by atoms with Crippen molar-refractivity contribution in [2.45, 2.75) is 30.6 Å². The first kappa shape index (κ1) is 27.0. The molecule has 3 rings (SSSR count). The van der Waals surface area contributed by atoms with E-state index in [2.05, 4.69) is 5.32 Å². The van der Waals surface area contributed by atoms with Crippen molar-refractivity contribution in [3.05, 3.63) is 59.7 Å². The molecule has 0 spiro atoms. The normalized spacial score (nSPS) is 15.6. The van der Waals surface area contributed by atoms with Crippen molar-refractivity contribution in [1.82, 2.24) is 5.32 Å². The monoisotopic (exact) mass is 509 g/mol. The van der Waals surface area contributed by atoms with Gasteiger partial charge in [-0.25, -0.2) is 0 Å². The SMILES string of the molecule is COc1cccc([C@@H](COc2ccc(CC3SC(=O)NC3=O)cc2)OC(=O)CCC(=O)O)c1.Cl. The summed E-state index contributed by atoms with van der Waals surface area (Å²) in [6, 6.07) is 14.0. The molecule has 34 heavy (non-hydrogen) atoms. The molecule has 0 radical (unpaired) electrons. The number of nitrogens with one attached hydrogen (secondary N) is 1. The molecule has 2 aromatic rings. The number of thioether (sulfide) groups is 1. The fourth-order valence-corrected chi connectivity index (χ4v) is 3.96. The maximum atomic E-state index is 12.1. The van der Waals surface area contributed by atoms with Crippen molar-refractivity contribution >= 4 is 47.3 Å². The van der Waals surface area contributed by atoms with Crippen LogP contribution in [-0.4, -0.2) is 47.2 Å². The number of benzene rings is 2. The Hall–Kier alpha value is -3.24. The fourth-order valence-electron chi connectivity index (χ4n) is 3.10. The minimum absolute atomic E-state index is 0. The molecule has 2 N–H and O–H groups in total. The number of hydrogen-bond donors (Lipinski definition) is 2. The van der Waals surface area contributed by atoms with E-state index in [-0.39, 0.29) is 43.0 Å². The summed E-state index contributed by atoms with van der Waals surface area (Å²) in [6.45, 7) is 0.000705. The van der Waals surface area contributed by atoms with Gasteiger partial charge in [0, 0.05) is 0 Å². The van der Waals surface area contributed by atoms with E-state index in [4.69, 9.17) is 19.3 Å². The number of hydrogen-bond acceptors (Lipinski definition) is 8. The van der Waals surface area contributed by atoms with Crippen LogP contribution in [0.1, 0.15) is 30.1 Å². The van der Waals surface area contributed by atoms with E-state index in [1.807, 2.05) is 0 Å². The quantitative estimate of drug-likeness (QED) is 0.437. The number of carbonyl (C=O) groups is 4. The molecule has 0 aromatic heterocycles. The summed E-state index contributed by atoms with van der Waals surface area (Å²) in [7, 11) is 1.52. The number of carboxylic acid groups (broad SMARTS) is 1. The zero-order valence-electron chi connectivity index (χ0n) is 18.2. The van der Waals surface area contributed by atoms with Crippen LogP contribution in [0.4, 0.5) is 4.79 Å². The highest BCUT2D eigenvalue weighted by atomic mass is 35.5. The van der Waals surface area contributed by atoms with Crippen LogP contribution in [0, 0.1) is 0 Å². The van der Waals surface area contributed by atoms with Gasteiger partial charge in [-0.15, -0.1) is 12.4 Å². The van der Waals surface area contributed by atoms with Crippen molar-refractivity contribution in [3.63, 3.8) is 0 Å². The van der Waals surface area contributed by atoms with Gasteiger partial charge in [-0.1, -0.05) is 36.0 Å². The number of halogens is 1. The fraction of sp³-hybridized carbons (Fsp3) is 0.304. The molecule has 1 aliphatic heterocycles. The Balaban J connectivity index is 0.00000408.